The van der Waals surface area contributed by atoms with Crippen LogP contribution in [0.3, 0.4) is 0 Å². The van der Waals surface area contributed by atoms with E-state index < -0.39 is 0 Å². The van der Waals surface area contributed by atoms with Crippen molar-refractivity contribution in [1.29, 1.82) is 0 Å². The van der Waals surface area contributed by atoms with Crippen molar-refractivity contribution < 1.29 is 9.53 Å². The molecule has 1 aromatic carbocycles. The van der Waals surface area contributed by atoms with Crippen molar-refractivity contribution in [2.45, 2.75) is 58.5 Å². The largest absolute Gasteiger partial charge is 0.495 e. The lowest BCUT2D eigenvalue weighted by molar-refractivity contribution is 0.252. The second-order valence-corrected chi connectivity index (χ2v) is 11.3. The number of hydrogen-bond donors (Lipinski definition) is 4. The number of methoxy groups -OCH3 is 1. The van der Waals surface area contributed by atoms with Crippen LogP contribution in [0, 0.1) is 0 Å². The Morgan fingerprint density at radius 2 is 1.39 bits per heavy atom. The Hall–Kier alpha value is -5.36. The van der Waals surface area contributed by atoms with Crippen molar-refractivity contribution in [3.05, 3.63) is 108 Å². The number of anilines is 3. The van der Waals surface area contributed by atoms with E-state index >= 15 is 0 Å². The van der Waals surface area contributed by atoms with Gasteiger partial charge in [-0.15, -0.1) is 0 Å². The highest BCUT2D eigenvalue weighted by Gasteiger charge is 2.14. The van der Waals surface area contributed by atoms with Crippen molar-refractivity contribution >= 4 is 35.0 Å². The first-order valence-electron chi connectivity index (χ1n) is 16.3. The molecule has 2 atom stereocenters. The predicted molar refractivity (Wildman–Crippen MR) is 195 cm³/mol. The van der Waals surface area contributed by atoms with Gasteiger partial charge in [0.1, 0.15) is 22.5 Å². The fourth-order valence-corrected chi connectivity index (χ4v) is 5.16. The summed E-state index contributed by atoms with van der Waals surface area (Å²) in [6.07, 6.45) is 17.9. The number of carbonyl (C=O) groups is 1. The zero-order valence-corrected chi connectivity index (χ0v) is 29.0. The number of pyridine rings is 2. The third-order valence-electron chi connectivity index (χ3n) is 7.30. The maximum Gasteiger partial charge on any atom is 0.319 e. The summed E-state index contributed by atoms with van der Waals surface area (Å²) in [5.74, 6) is 1.91. The van der Waals surface area contributed by atoms with Crippen LogP contribution in [0.4, 0.5) is 22.1 Å². The van der Waals surface area contributed by atoms with Gasteiger partial charge in [-0.1, -0.05) is 56.5 Å². The van der Waals surface area contributed by atoms with Gasteiger partial charge in [0.25, 0.3) is 0 Å². The van der Waals surface area contributed by atoms with Crippen molar-refractivity contribution in [3.63, 3.8) is 0 Å². The van der Waals surface area contributed by atoms with Crippen LogP contribution in [-0.4, -0.2) is 49.6 Å². The molecule has 0 aliphatic rings. The molecule has 4 heterocycles. The average molecular weight is 683 g/mol. The van der Waals surface area contributed by atoms with Crippen LogP contribution in [0.1, 0.15) is 69.7 Å². The maximum atomic E-state index is 11.8. The topological polar surface area (TPSA) is 152 Å². The number of carbonyl (C=O) groups excluding carboxylic acids is 1. The van der Waals surface area contributed by atoms with Gasteiger partial charge in [0.15, 0.2) is 0 Å². The Morgan fingerprint density at radius 3 is 1.92 bits per heavy atom. The van der Waals surface area contributed by atoms with Crippen LogP contribution in [0.5, 0.6) is 5.75 Å². The second-order valence-electron chi connectivity index (χ2n) is 11.0. The van der Waals surface area contributed by atoms with E-state index in [4.69, 9.17) is 21.3 Å². The minimum atomic E-state index is -0.281. The quantitative estimate of drug-likeness (QED) is 0.0903. The summed E-state index contributed by atoms with van der Waals surface area (Å²) in [5.41, 5.74) is 4.37. The lowest BCUT2D eigenvalue weighted by Gasteiger charge is -2.19. The van der Waals surface area contributed by atoms with Crippen LogP contribution in [0.25, 0.3) is 11.3 Å². The molecule has 0 aliphatic carbocycles. The van der Waals surface area contributed by atoms with Gasteiger partial charge in [-0.05, 0) is 55.2 Å². The van der Waals surface area contributed by atoms with E-state index in [1.54, 1.807) is 44.2 Å². The Bertz CT molecular complexity index is 1730. The van der Waals surface area contributed by atoms with E-state index in [0.717, 1.165) is 42.4 Å². The number of hydrogen-bond acceptors (Lipinski definition) is 10. The number of urea groups is 1. The molecule has 0 saturated heterocycles. The van der Waals surface area contributed by atoms with Gasteiger partial charge in [-0.2, -0.15) is 0 Å². The minimum absolute atomic E-state index is 0.0986. The smallest absolute Gasteiger partial charge is 0.319 e. The van der Waals surface area contributed by atoms with Gasteiger partial charge in [-0.25, -0.2) is 14.8 Å². The molecule has 0 aliphatic heterocycles. The van der Waals surface area contributed by atoms with Crippen molar-refractivity contribution in [3.8, 4) is 17.0 Å². The SMILES string of the molecule is CCC[C@H](Nc1cncc(-c2ccc(NC(=O)NCC)c(OC)c2)n1)c1cccnc1.CCC[C@H](Nc1cncc(Cl)n1)c1cccnc1. The summed E-state index contributed by atoms with van der Waals surface area (Å²) in [6.45, 7) is 6.70. The first-order valence-corrected chi connectivity index (χ1v) is 16.7. The zero-order chi connectivity index (χ0) is 34.8. The highest BCUT2D eigenvalue weighted by molar-refractivity contribution is 6.29. The molecule has 4 N–H and O–H groups in total. The van der Waals surface area contributed by atoms with Crippen LogP contribution in [-0.2, 0) is 0 Å². The molecular formula is C36H43ClN10O2. The number of nitrogens with zero attached hydrogens (tertiary/aromatic N) is 6. The summed E-state index contributed by atoms with van der Waals surface area (Å²) in [7, 11) is 1.56. The lowest BCUT2D eigenvalue weighted by atomic mass is 10.0. The highest BCUT2D eigenvalue weighted by Crippen LogP contribution is 2.31. The van der Waals surface area contributed by atoms with E-state index in [1.165, 1.54) is 6.20 Å². The molecule has 5 rings (SSSR count). The number of nitrogens with one attached hydrogen (secondary N) is 4. The highest BCUT2D eigenvalue weighted by atomic mass is 35.5. The monoisotopic (exact) mass is 682 g/mol. The van der Waals surface area contributed by atoms with Gasteiger partial charge >= 0.3 is 6.03 Å². The molecule has 12 nitrogen and oxygen atoms in total. The Kier molecular flexibility index (Phi) is 14.5. The molecule has 0 saturated carbocycles. The number of aromatic nitrogens is 6. The molecule has 4 aromatic heterocycles. The number of benzene rings is 1. The lowest BCUT2D eigenvalue weighted by Crippen LogP contribution is -2.28. The van der Waals surface area contributed by atoms with E-state index in [9.17, 15) is 4.79 Å². The van der Waals surface area contributed by atoms with E-state index in [-0.39, 0.29) is 18.1 Å². The molecule has 13 heteroatoms. The molecule has 256 valence electrons. The van der Waals surface area contributed by atoms with E-state index in [1.807, 2.05) is 43.6 Å². The van der Waals surface area contributed by atoms with Crippen LogP contribution >= 0.6 is 11.6 Å². The summed E-state index contributed by atoms with van der Waals surface area (Å²) in [4.78, 5) is 37.5. The predicted octanol–water partition coefficient (Wildman–Crippen LogP) is 8.12. The summed E-state index contributed by atoms with van der Waals surface area (Å²) >= 11 is 5.83. The maximum absolute atomic E-state index is 11.8. The Labute approximate surface area is 292 Å². The summed E-state index contributed by atoms with van der Waals surface area (Å²) in [6, 6.07) is 13.5. The summed E-state index contributed by atoms with van der Waals surface area (Å²) < 4.78 is 5.46. The summed E-state index contributed by atoms with van der Waals surface area (Å²) in [5, 5.41) is 12.7. The Morgan fingerprint density at radius 1 is 0.776 bits per heavy atom. The van der Waals surface area contributed by atoms with Crippen LogP contribution in [0.2, 0.25) is 5.15 Å². The molecular weight excluding hydrogens is 640 g/mol. The zero-order valence-electron chi connectivity index (χ0n) is 28.2. The van der Waals surface area contributed by atoms with Crippen molar-refractivity contribution in [2.24, 2.45) is 0 Å². The van der Waals surface area contributed by atoms with Crippen molar-refractivity contribution in [2.75, 3.05) is 29.6 Å². The Balaban J connectivity index is 0.000000254. The number of ether oxygens (including phenoxy) is 1. The minimum Gasteiger partial charge on any atom is -0.495 e. The molecule has 0 fully saturated rings. The van der Waals surface area contributed by atoms with E-state index in [0.29, 0.717) is 40.5 Å². The molecule has 0 bridgehead atoms. The first-order chi connectivity index (χ1) is 23.9. The molecule has 0 spiro atoms. The first kappa shape index (κ1) is 36.5. The number of amides is 2. The molecule has 0 radical (unpaired) electrons. The number of rotatable bonds is 14. The van der Waals surface area contributed by atoms with Crippen molar-refractivity contribution in [1.82, 2.24) is 35.2 Å². The fourth-order valence-electron chi connectivity index (χ4n) is 5.01. The average Bonchev–Trinajstić information content (AvgIpc) is 3.13. The normalized spacial score (nSPS) is 11.7. The molecule has 2 amide bonds. The molecule has 5 aromatic rings. The second kappa shape index (κ2) is 19.5. The molecule has 49 heavy (non-hydrogen) atoms. The fraction of sp³-hybridized carbons (Fsp3) is 0.306. The third kappa shape index (κ3) is 11.4. The molecule has 0 unspecified atom stereocenters. The van der Waals surface area contributed by atoms with Crippen LogP contribution < -0.4 is 26.0 Å². The van der Waals surface area contributed by atoms with Crippen LogP contribution in [0.15, 0.2) is 92.0 Å². The van der Waals surface area contributed by atoms with Gasteiger partial charge < -0.3 is 26.0 Å². The van der Waals surface area contributed by atoms with Gasteiger partial charge in [0, 0.05) is 36.9 Å². The van der Waals surface area contributed by atoms with Gasteiger partial charge in [0.2, 0.25) is 0 Å². The van der Waals surface area contributed by atoms with Gasteiger partial charge in [-0.3, -0.25) is 19.9 Å². The van der Waals surface area contributed by atoms with Gasteiger partial charge in [0.05, 0.1) is 55.4 Å². The van der Waals surface area contributed by atoms with E-state index in [2.05, 4.69) is 72.2 Å². The standard InChI is InChI=1S/C23H28N6O2.C13H15ClN4/c1-4-7-18(17-8-6-11-24-13-17)27-22-15-25-14-20(28-22)16-9-10-19(21(12-16)31-3)29-23(30)26-5-2;1-2-4-11(10-5-3-6-15-7-10)17-13-9-16-8-12(14)18-13/h6,8-15,18H,4-5,7H2,1-3H3,(H,27,28)(H2,26,29,30);3,5-9,11H,2,4H2,1H3,(H,17,18)/t18-;11-/m00/s1. The number of halogens is 1. The third-order valence-corrected chi connectivity index (χ3v) is 7.48.